The van der Waals surface area contributed by atoms with Crippen LogP contribution in [0.4, 0.5) is 0 Å². The van der Waals surface area contributed by atoms with Crippen molar-refractivity contribution in [2.75, 3.05) is 6.54 Å². The highest BCUT2D eigenvalue weighted by Gasteiger charge is 2.14. The molecule has 2 aromatic rings. The monoisotopic (exact) mass is 289 g/mol. The van der Waals surface area contributed by atoms with Crippen LogP contribution in [-0.4, -0.2) is 22.8 Å². The summed E-state index contributed by atoms with van der Waals surface area (Å²) in [6, 6.07) is 7.76. The molecule has 0 spiro atoms. The van der Waals surface area contributed by atoms with E-state index in [0.29, 0.717) is 11.8 Å². The molecule has 1 aromatic carbocycles. The van der Waals surface area contributed by atoms with E-state index in [0.717, 1.165) is 24.3 Å². The molecule has 0 saturated heterocycles. The smallest absolute Gasteiger partial charge is 0.247 e. The second-order valence-electron chi connectivity index (χ2n) is 5.32. The molecule has 0 fully saturated rings. The summed E-state index contributed by atoms with van der Waals surface area (Å²) in [5.74, 6) is 1.93. The van der Waals surface area contributed by atoms with Gasteiger partial charge in [0.2, 0.25) is 11.8 Å². The summed E-state index contributed by atoms with van der Waals surface area (Å²) in [5.41, 5.74) is 0.870. The fraction of sp³-hybridized carbons (Fsp3) is 0.500. The van der Waals surface area contributed by atoms with Gasteiger partial charge in [-0.2, -0.15) is 0 Å². The summed E-state index contributed by atoms with van der Waals surface area (Å²) >= 11 is 0. The Balaban J connectivity index is 2.13. The van der Waals surface area contributed by atoms with Crippen LogP contribution in [0.2, 0.25) is 0 Å². The average Bonchev–Trinajstić information content (AvgIpc) is 2.94. The largest absolute Gasteiger partial charge is 0.491 e. The third-order valence-electron chi connectivity index (χ3n) is 2.96. The number of aromatic nitrogens is 2. The Morgan fingerprint density at radius 1 is 1.24 bits per heavy atom. The topological polar surface area (TPSA) is 60.2 Å². The van der Waals surface area contributed by atoms with Gasteiger partial charge in [-0.25, -0.2) is 0 Å². The van der Waals surface area contributed by atoms with Crippen LogP contribution in [0.25, 0.3) is 11.5 Å². The summed E-state index contributed by atoms with van der Waals surface area (Å²) in [6.07, 6.45) is 1.21. The minimum atomic E-state index is 0.0568. The fourth-order valence-electron chi connectivity index (χ4n) is 1.95. The van der Waals surface area contributed by atoms with E-state index in [1.807, 2.05) is 45.0 Å². The number of nitrogens with zero attached hydrogens (tertiary/aromatic N) is 2. The van der Waals surface area contributed by atoms with Crippen molar-refractivity contribution < 1.29 is 9.15 Å². The second kappa shape index (κ2) is 7.22. The zero-order valence-electron chi connectivity index (χ0n) is 13.1. The lowest BCUT2D eigenvalue weighted by molar-refractivity contribution is 0.242. The Morgan fingerprint density at radius 2 is 2.05 bits per heavy atom. The molecule has 0 aliphatic rings. The fourth-order valence-corrected chi connectivity index (χ4v) is 1.95. The molecular weight excluding hydrogens is 266 g/mol. The predicted octanol–water partition coefficient (Wildman–Crippen LogP) is 3.58. The lowest BCUT2D eigenvalue weighted by Gasteiger charge is -2.10. The van der Waals surface area contributed by atoms with Crippen molar-refractivity contribution in [1.82, 2.24) is 15.5 Å². The van der Waals surface area contributed by atoms with Crippen molar-refractivity contribution in [1.29, 1.82) is 0 Å². The van der Waals surface area contributed by atoms with Crippen LogP contribution in [0.3, 0.4) is 0 Å². The molecule has 0 aliphatic carbocycles. The number of nitrogens with one attached hydrogen (secondary N) is 1. The molecule has 1 atom stereocenters. The van der Waals surface area contributed by atoms with E-state index in [-0.39, 0.29) is 12.1 Å². The molecule has 1 unspecified atom stereocenters. The van der Waals surface area contributed by atoms with E-state index in [2.05, 4.69) is 22.4 Å². The van der Waals surface area contributed by atoms with Gasteiger partial charge in [0.15, 0.2) is 0 Å². The van der Waals surface area contributed by atoms with Gasteiger partial charge < -0.3 is 14.5 Å². The van der Waals surface area contributed by atoms with Gasteiger partial charge in [0, 0.05) is 5.56 Å². The maximum Gasteiger partial charge on any atom is 0.247 e. The quantitative estimate of drug-likeness (QED) is 0.844. The van der Waals surface area contributed by atoms with Crippen molar-refractivity contribution >= 4 is 0 Å². The Kier molecular flexibility index (Phi) is 5.33. The van der Waals surface area contributed by atoms with Crippen LogP contribution in [0.15, 0.2) is 28.7 Å². The van der Waals surface area contributed by atoms with Crippen LogP contribution >= 0.6 is 0 Å². The van der Waals surface area contributed by atoms with Gasteiger partial charge in [0.25, 0.3) is 0 Å². The van der Waals surface area contributed by atoms with Gasteiger partial charge in [0.1, 0.15) is 5.75 Å². The van der Waals surface area contributed by atoms with Gasteiger partial charge in [0.05, 0.1) is 12.1 Å². The van der Waals surface area contributed by atoms with Crippen molar-refractivity contribution in [3.63, 3.8) is 0 Å². The van der Waals surface area contributed by atoms with Gasteiger partial charge in [-0.15, -0.1) is 10.2 Å². The van der Waals surface area contributed by atoms with Gasteiger partial charge in [-0.05, 0) is 51.9 Å². The van der Waals surface area contributed by atoms with Crippen LogP contribution in [0, 0.1) is 0 Å². The standard InChI is InChI=1S/C16H23N3O2/c1-5-9-17-12(4)15-18-19-16(21-15)13-7-6-8-14(10-13)20-11(2)3/h6-8,10-12,17H,5,9H2,1-4H3. The van der Waals surface area contributed by atoms with E-state index in [1.165, 1.54) is 0 Å². The third kappa shape index (κ3) is 4.29. The minimum absolute atomic E-state index is 0.0568. The van der Waals surface area contributed by atoms with Crippen molar-refractivity contribution in [3.05, 3.63) is 30.2 Å². The minimum Gasteiger partial charge on any atom is -0.491 e. The Bertz CT molecular complexity index is 566. The highest BCUT2D eigenvalue weighted by Crippen LogP contribution is 2.24. The van der Waals surface area contributed by atoms with Gasteiger partial charge in [-0.3, -0.25) is 0 Å². The summed E-state index contributed by atoms with van der Waals surface area (Å²) in [5, 5.41) is 11.6. The third-order valence-corrected chi connectivity index (χ3v) is 2.96. The summed E-state index contributed by atoms with van der Waals surface area (Å²) in [6.45, 7) is 9.07. The highest BCUT2D eigenvalue weighted by molar-refractivity contribution is 5.55. The van der Waals surface area contributed by atoms with E-state index in [4.69, 9.17) is 9.15 Å². The Hall–Kier alpha value is -1.88. The van der Waals surface area contributed by atoms with Crippen LogP contribution < -0.4 is 10.1 Å². The van der Waals surface area contributed by atoms with Crippen LogP contribution in [0.1, 0.15) is 46.0 Å². The number of hydrogen-bond acceptors (Lipinski definition) is 5. The molecular formula is C16H23N3O2. The molecule has 0 aliphatic heterocycles. The first kappa shape index (κ1) is 15.5. The molecule has 21 heavy (non-hydrogen) atoms. The summed E-state index contributed by atoms with van der Waals surface area (Å²) < 4.78 is 11.4. The predicted molar refractivity (Wildman–Crippen MR) is 82.2 cm³/mol. The molecule has 0 amide bonds. The molecule has 0 saturated carbocycles. The average molecular weight is 289 g/mol. The van der Waals surface area contributed by atoms with Gasteiger partial charge >= 0.3 is 0 Å². The van der Waals surface area contributed by atoms with Gasteiger partial charge in [-0.1, -0.05) is 13.0 Å². The van der Waals surface area contributed by atoms with E-state index in [9.17, 15) is 0 Å². The highest BCUT2D eigenvalue weighted by atomic mass is 16.5. The molecule has 5 heteroatoms. The normalized spacial score (nSPS) is 12.6. The number of ether oxygens (including phenoxy) is 1. The molecule has 1 aromatic heterocycles. The molecule has 5 nitrogen and oxygen atoms in total. The second-order valence-corrected chi connectivity index (χ2v) is 5.32. The molecule has 1 heterocycles. The first-order valence-corrected chi connectivity index (χ1v) is 7.44. The first-order chi connectivity index (χ1) is 10.1. The lowest BCUT2D eigenvalue weighted by atomic mass is 10.2. The molecule has 2 rings (SSSR count). The zero-order chi connectivity index (χ0) is 15.2. The van der Waals surface area contributed by atoms with E-state index < -0.39 is 0 Å². The number of benzene rings is 1. The maximum absolute atomic E-state index is 5.75. The van der Waals surface area contributed by atoms with Crippen LogP contribution in [0.5, 0.6) is 5.75 Å². The summed E-state index contributed by atoms with van der Waals surface area (Å²) in [4.78, 5) is 0. The van der Waals surface area contributed by atoms with Crippen molar-refractivity contribution in [3.8, 4) is 17.2 Å². The Morgan fingerprint density at radius 3 is 2.76 bits per heavy atom. The first-order valence-electron chi connectivity index (χ1n) is 7.44. The lowest BCUT2D eigenvalue weighted by Crippen LogP contribution is -2.19. The summed E-state index contributed by atoms with van der Waals surface area (Å²) in [7, 11) is 0. The SMILES string of the molecule is CCCNC(C)c1nnc(-c2cccc(OC(C)C)c2)o1. The van der Waals surface area contributed by atoms with Crippen molar-refractivity contribution in [2.45, 2.75) is 46.3 Å². The molecule has 114 valence electrons. The van der Waals surface area contributed by atoms with E-state index >= 15 is 0 Å². The van der Waals surface area contributed by atoms with Crippen molar-refractivity contribution in [2.24, 2.45) is 0 Å². The molecule has 0 radical (unpaired) electrons. The van der Waals surface area contributed by atoms with Crippen LogP contribution in [-0.2, 0) is 0 Å². The number of hydrogen-bond donors (Lipinski definition) is 1. The molecule has 1 N–H and O–H groups in total. The molecule has 0 bridgehead atoms. The van der Waals surface area contributed by atoms with E-state index in [1.54, 1.807) is 0 Å². The Labute approximate surface area is 125 Å². The maximum atomic E-state index is 5.75. The number of rotatable bonds is 7. The zero-order valence-corrected chi connectivity index (χ0v) is 13.1.